The number of ether oxygens (including phenoxy) is 1. The van der Waals surface area contributed by atoms with E-state index in [1.165, 1.54) is 18.1 Å². The fraction of sp³-hybridized carbons (Fsp3) is 0.385. The number of hydrogen-bond donors (Lipinski definition) is 1. The third kappa shape index (κ3) is 3.14. The van der Waals surface area contributed by atoms with Gasteiger partial charge >= 0.3 is 0 Å². The van der Waals surface area contributed by atoms with Gasteiger partial charge in [0.2, 0.25) is 11.8 Å². The molecule has 1 aromatic rings. The number of rotatable bonds is 3. The highest BCUT2D eigenvalue weighted by Crippen LogP contribution is 2.55. The van der Waals surface area contributed by atoms with Crippen LogP contribution in [0, 0.1) is 21.3 Å². The van der Waals surface area contributed by atoms with Gasteiger partial charge in [-0.25, -0.2) is 0 Å². The van der Waals surface area contributed by atoms with Crippen LogP contribution < -0.4 is 4.74 Å². The van der Waals surface area contributed by atoms with E-state index in [0.29, 0.717) is 38.8 Å². The van der Waals surface area contributed by atoms with Crippen molar-refractivity contribution in [2.45, 2.75) is 32.6 Å². The molecule has 0 radical (unpaired) electrons. The van der Waals surface area contributed by atoms with Crippen molar-refractivity contribution in [1.82, 2.24) is 4.90 Å². The highest BCUT2D eigenvalue weighted by molar-refractivity contribution is 14.1. The van der Waals surface area contributed by atoms with E-state index in [-0.39, 0.29) is 47.2 Å². The monoisotopic (exact) mass is 573 g/mol. The number of phenolic OH excluding ortho intramolecular Hbond substituents is 1. The Labute approximate surface area is 210 Å². The van der Waals surface area contributed by atoms with Crippen LogP contribution >= 0.6 is 22.6 Å². The van der Waals surface area contributed by atoms with Gasteiger partial charge < -0.3 is 9.84 Å². The summed E-state index contributed by atoms with van der Waals surface area (Å²) in [5, 5.41) is 10.4. The normalized spacial score (nSPS) is 28.4. The number of amides is 2. The number of benzene rings is 1. The van der Waals surface area contributed by atoms with E-state index in [4.69, 9.17) is 4.74 Å². The van der Waals surface area contributed by atoms with Crippen LogP contribution in [-0.4, -0.2) is 47.0 Å². The number of nitrogens with zero attached hydrogens (tertiary/aromatic N) is 1. The number of carbonyl (C=O) groups excluding carboxylic acids is 4. The molecule has 1 fully saturated rings. The van der Waals surface area contributed by atoms with E-state index in [2.05, 4.69) is 0 Å². The first kappa shape index (κ1) is 23.0. The Kier molecular flexibility index (Phi) is 5.54. The van der Waals surface area contributed by atoms with Crippen molar-refractivity contribution in [2.75, 3.05) is 13.7 Å². The molecule has 0 aromatic heterocycles. The highest BCUT2D eigenvalue weighted by Gasteiger charge is 2.55. The zero-order valence-electron chi connectivity index (χ0n) is 19.1. The summed E-state index contributed by atoms with van der Waals surface area (Å²) in [6, 6.07) is 3.47. The Hall–Kier alpha value is -2.75. The van der Waals surface area contributed by atoms with Gasteiger partial charge in [-0.05, 0) is 79.0 Å². The number of halogens is 1. The Morgan fingerprint density at radius 1 is 1.15 bits per heavy atom. The van der Waals surface area contributed by atoms with Crippen LogP contribution in [0.5, 0.6) is 11.5 Å². The molecule has 1 saturated heterocycles. The number of methoxy groups -OCH3 is 1. The number of ketones is 2. The third-order valence-corrected chi connectivity index (χ3v) is 8.40. The van der Waals surface area contributed by atoms with Gasteiger partial charge in [-0.2, -0.15) is 0 Å². The average molecular weight is 573 g/mol. The molecule has 7 nitrogen and oxygen atoms in total. The van der Waals surface area contributed by atoms with Crippen molar-refractivity contribution >= 4 is 46.0 Å². The van der Waals surface area contributed by atoms with Crippen LogP contribution in [0.1, 0.15) is 38.2 Å². The molecule has 0 saturated carbocycles. The summed E-state index contributed by atoms with van der Waals surface area (Å²) < 4.78 is 5.92. The smallest absolute Gasteiger partial charge is 0.233 e. The fourth-order valence-corrected chi connectivity index (χ4v) is 6.68. The van der Waals surface area contributed by atoms with E-state index in [1.54, 1.807) is 26.0 Å². The predicted molar refractivity (Wildman–Crippen MR) is 131 cm³/mol. The van der Waals surface area contributed by atoms with Gasteiger partial charge in [0, 0.05) is 29.2 Å². The summed E-state index contributed by atoms with van der Waals surface area (Å²) in [5.41, 5.74) is 2.82. The number of likely N-dealkylation sites (tertiary alicyclic amines) is 1. The lowest BCUT2D eigenvalue weighted by atomic mass is 9.59. The predicted octanol–water partition coefficient (Wildman–Crippen LogP) is 3.45. The number of aromatic hydroxyl groups is 1. The first-order valence-corrected chi connectivity index (χ1v) is 12.4. The van der Waals surface area contributed by atoms with E-state index in [1.807, 2.05) is 28.7 Å². The number of fused-ring (bicyclic) bond motifs is 3. The highest BCUT2D eigenvalue weighted by atomic mass is 127. The molecular formula is C26H24INO6. The molecule has 1 heterocycles. The van der Waals surface area contributed by atoms with E-state index in [9.17, 15) is 24.3 Å². The lowest BCUT2D eigenvalue weighted by Gasteiger charge is -2.42. The first-order valence-electron chi connectivity index (χ1n) is 11.3. The molecular weight excluding hydrogens is 549 g/mol. The third-order valence-electron chi connectivity index (χ3n) is 7.57. The van der Waals surface area contributed by atoms with E-state index in [0.717, 1.165) is 5.57 Å². The molecule has 176 valence electrons. The van der Waals surface area contributed by atoms with Crippen molar-refractivity contribution in [3.8, 4) is 11.5 Å². The maximum absolute atomic E-state index is 13.3. The molecule has 34 heavy (non-hydrogen) atoms. The Morgan fingerprint density at radius 3 is 2.56 bits per heavy atom. The molecule has 0 bridgehead atoms. The number of Topliss-reactive ketones (excluding diaryl/α,β-unsaturated/α-hetero) is 1. The van der Waals surface area contributed by atoms with Gasteiger partial charge in [0.1, 0.15) is 0 Å². The standard InChI is InChI=1S/C26H24INO6/c1-4-28-25(32)14-6-5-13-15(21(14)26(28)33)10-16-22(18(29)7-11(2)23(16)30)20(13)12-8-17(27)24(31)19(9-12)34-3/h5,7-9,14-15,20-21,31H,4,6,10H2,1-3H3/t14-,15+,20-,21-/m0/s1. The molecule has 2 amide bonds. The van der Waals surface area contributed by atoms with Crippen molar-refractivity contribution in [3.05, 3.63) is 55.7 Å². The van der Waals surface area contributed by atoms with Gasteiger partial charge in [-0.1, -0.05) is 11.6 Å². The van der Waals surface area contributed by atoms with Crippen LogP contribution in [0.25, 0.3) is 0 Å². The largest absolute Gasteiger partial charge is 0.504 e. The lowest BCUT2D eigenvalue weighted by molar-refractivity contribution is -0.139. The second-order valence-corrected chi connectivity index (χ2v) is 10.4. The van der Waals surface area contributed by atoms with Gasteiger partial charge in [0.15, 0.2) is 23.1 Å². The molecule has 0 unspecified atom stereocenters. The zero-order valence-corrected chi connectivity index (χ0v) is 21.2. The minimum absolute atomic E-state index is 0.00282. The molecule has 0 spiro atoms. The average Bonchev–Trinajstić information content (AvgIpc) is 3.07. The lowest BCUT2D eigenvalue weighted by Crippen LogP contribution is -2.39. The zero-order chi connectivity index (χ0) is 24.5. The van der Waals surface area contributed by atoms with Crippen LogP contribution in [-0.2, 0) is 19.2 Å². The van der Waals surface area contributed by atoms with Crippen LogP contribution in [0.3, 0.4) is 0 Å². The Morgan fingerprint density at radius 2 is 1.88 bits per heavy atom. The van der Waals surface area contributed by atoms with Gasteiger partial charge in [-0.15, -0.1) is 0 Å². The van der Waals surface area contributed by atoms with Gasteiger partial charge in [-0.3, -0.25) is 24.1 Å². The van der Waals surface area contributed by atoms with Crippen molar-refractivity contribution in [3.63, 3.8) is 0 Å². The summed E-state index contributed by atoms with van der Waals surface area (Å²) in [6.45, 7) is 3.73. The fourth-order valence-electron chi connectivity index (χ4n) is 6.05. The molecule has 8 heteroatoms. The molecule has 4 atom stereocenters. The topological polar surface area (TPSA) is 101 Å². The maximum atomic E-state index is 13.3. The number of hydrogen-bond acceptors (Lipinski definition) is 6. The summed E-state index contributed by atoms with van der Waals surface area (Å²) in [5.74, 6) is -2.39. The summed E-state index contributed by atoms with van der Waals surface area (Å²) in [6.07, 6.45) is 4.05. The summed E-state index contributed by atoms with van der Waals surface area (Å²) in [4.78, 5) is 54.0. The first-order chi connectivity index (χ1) is 16.2. The maximum Gasteiger partial charge on any atom is 0.233 e. The van der Waals surface area contributed by atoms with Crippen molar-refractivity contribution in [2.24, 2.45) is 17.8 Å². The molecule has 3 aliphatic carbocycles. The Balaban J connectivity index is 1.73. The minimum Gasteiger partial charge on any atom is -0.504 e. The quantitative estimate of drug-likeness (QED) is 0.258. The Bertz CT molecular complexity index is 1270. The van der Waals surface area contributed by atoms with Crippen LogP contribution in [0.15, 0.2) is 46.6 Å². The number of imide groups is 1. The van der Waals surface area contributed by atoms with Crippen LogP contribution in [0.4, 0.5) is 0 Å². The summed E-state index contributed by atoms with van der Waals surface area (Å²) in [7, 11) is 1.46. The van der Waals surface area contributed by atoms with Crippen molar-refractivity contribution < 1.29 is 29.0 Å². The van der Waals surface area contributed by atoms with Crippen LogP contribution in [0.2, 0.25) is 0 Å². The van der Waals surface area contributed by atoms with E-state index >= 15 is 0 Å². The second-order valence-electron chi connectivity index (χ2n) is 9.20. The van der Waals surface area contributed by atoms with Gasteiger partial charge in [0.05, 0.1) is 22.5 Å². The molecule has 1 aromatic carbocycles. The molecule has 5 rings (SSSR count). The number of carbonyl (C=O) groups is 4. The van der Waals surface area contributed by atoms with Gasteiger partial charge in [0.25, 0.3) is 0 Å². The number of allylic oxidation sites excluding steroid dienone is 6. The molecule has 4 aliphatic rings. The molecule has 1 aliphatic heterocycles. The minimum atomic E-state index is -0.558. The second kappa shape index (κ2) is 8.18. The van der Waals surface area contributed by atoms with Crippen molar-refractivity contribution in [1.29, 1.82) is 0 Å². The SMILES string of the molecule is CCN1C(=O)[C@H]2[C@H](CC=C3[C@H](c4cc(I)c(O)c(OC)c4)C4=C(C[C@H]32)C(=O)C(C)=CC4=O)C1=O. The number of phenols is 1. The van der Waals surface area contributed by atoms with E-state index < -0.39 is 17.8 Å². The summed E-state index contributed by atoms with van der Waals surface area (Å²) >= 11 is 2.01. The molecule has 1 N–H and O–H groups in total.